The van der Waals surface area contributed by atoms with Gasteiger partial charge >= 0.3 is 0 Å². The predicted molar refractivity (Wildman–Crippen MR) is 79.0 cm³/mol. The lowest BCUT2D eigenvalue weighted by atomic mass is 10.0. The molecule has 1 aromatic carbocycles. The van der Waals surface area contributed by atoms with Gasteiger partial charge in [0.05, 0.1) is 27.7 Å². The predicted octanol–water partition coefficient (Wildman–Crippen LogP) is 2.47. The van der Waals surface area contributed by atoms with E-state index < -0.39 is 22.4 Å². The Labute approximate surface area is 129 Å². The number of rotatable bonds is 3. The number of aliphatic hydroxyl groups excluding tert-OH is 1. The average Bonchev–Trinajstić information content (AvgIpc) is 2.39. The van der Waals surface area contributed by atoms with Crippen LogP contribution in [0.4, 0.5) is 15.8 Å². The van der Waals surface area contributed by atoms with Crippen LogP contribution in [0.5, 0.6) is 0 Å². The monoisotopic (exact) mass is 362 g/mol. The zero-order chi connectivity index (χ0) is 15.8. The van der Waals surface area contributed by atoms with Gasteiger partial charge in [-0.1, -0.05) is 0 Å². The Balaban J connectivity index is 2.44. The second-order valence-corrected chi connectivity index (χ2v) is 6.43. The summed E-state index contributed by atoms with van der Waals surface area (Å²) in [7, 11) is 0. The summed E-state index contributed by atoms with van der Waals surface area (Å²) < 4.78 is 19.5. The third-order valence-corrected chi connectivity index (χ3v) is 3.85. The van der Waals surface area contributed by atoms with Crippen molar-refractivity contribution in [1.29, 1.82) is 0 Å². The summed E-state index contributed by atoms with van der Waals surface area (Å²) in [6.45, 7) is 4.08. The van der Waals surface area contributed by atoms with Gasteiger partial charge < -0.3 is 14.7 Å². The Bertz CT molecular complexity index is 567. The molecule has 0 saturated carbocycles. The van der Waals surface area contributed by atoms with Crippen LogP contribution in [0.2, 0.25) is 0 Å². The number of nitro benzene ring substituents is 1. The van der Waals surface area contributed by atoms with Gasteiger partial charge in [0.2, 0.25) is 0 Å². The number of ether oxygens (including phenoxy) is 1. The molecular formula is C13H16BrFN2O4. The third kappa shape index (κ3) is 3.50. The molecule has 1 aliphatic heterocycles. The number of hydrogen-bond acceptors (Lipinski definition) is 5. The molecular weight excluding hydrogens is 347 g/mol. The van der Waals surface area contributed by atoms with Crippen molar-refractivity contribution in [1.82, 2.24) is 0 Å². The van der Waals surface area contributed by atoms with Crippen LogP contribution in [0.15, 0.2) is 16.6 Å². The van der Waals surface area contributed by atoms with Gasteiger partial charge in [0.25, 0.3) is 5.69 Å². The topological polar surface area (TPSA) is 75.8 Å². The summed E-state index contributed by atoms with van der Waals surface area (Å²) in [5.74, 6) is -0.569. The molecule has 0 aromatic heterocycles. The molecule has 1 heterocycles. The van der Waals surface area contributed by atoms with Crippen molar-refractivity contribution in [2.75, 3.05) is 24.6 Å². The van der Waals surface area contributed by atoms with Crippen LogP contribution >= 0.6 is 15.9 Å². The van der Waals surface area contributed by atoms with Gasteiger partial charge in [0.15, 0.2) is 0 Å². The van der Waals surface area contributed by atoms with Gasteiger partial charge in [0, 0.05) is 25.2 Å². The fourth-order valence-electron chi connectivity index (χ4n) is 2.50. The molecule has 1 N–H and O–H groups in total. The van der Waals surface area contributed by atoms with E-state index >= 15 is 0 Å². The normalized spacial score (nSPS) is 21.4. The van der Waals surface area contributed by atoms with E-state index in [0.29, 0.717) is 6.54 Å². The highest BCUT2D eigenvalue weighted by Gasteiger charge is 2.36. The minimum atomic E-state index is -0.594. The van der Waals surface area contributed by atoms with E-state index in [-0.39, 0.29) is 29.0 Å². The molecule has 0 aliphatic carbocycles. The molecule has 8 heteroatoms. The molecule has 0 bridgehead atoms. The molecule has 1 aromatic rings. The van der Waals surface area contributed by atoms with Gasteiger partial charge in [-0.2, -0.15) is 0 Å². The fourth-order valence-corrected chi connectivity index (χ4v) is 2.83. The van der Waals surface area contributed by atoms with Gasteiger partial charge in [-0.25, -0.2) is 4.39 Å². The first-order valence-corrected chi connectivity index (χ1v) is 7.20. The number of anilines is 1. The third-order valence-electron chi connectivity index (χ3n) is 3.24. The standard InChI is InChI=1S/C13H16BrFN2O4/c1-13(2)7-16(5-8(6-18)21-13)11-4-10(15)9(14)3-12(11)17(19)20/h3-4,8,18H,5-7H2,1-2H3. The smallest absolute Gasteiger partial charge is 0.293 e. The molecule has 21 heavy (non-hydrogen) atoms. The summed E-state index contributed by atoms with van der Waals surface area (Å²) >= 11 is 2.96. The second-order valence-electron chi connectivity index (χ2n) is 5.57. The highest BCUT2D eigenvalue weighted by Crippen LogP contribution is 2.36. The molecule has 1 saturated heterocycles. The summed E-state index contributed by atoms with van der Waals surface area (Å²) in [6, 6.07) is 2.29. The van der Waals surface area contributed by atoms with E-state index in [1.54, 1.807) is 4.90 Å². The Hall–Kier alpha value is -1.25. The van der Waals surface area contributed by atoms with Crippen LogP contribution in [0.3, 0.4) is 0 Å². The number of benzene rings is 1. The molecule has 0 radical (unpaired) electrons. The number of morpholine rings is 1. The molecule has 2 rings (SSSR count). The zero-order valence-electron chi connectivity index (χ0n) is 11.7. The maximum absolute atomic E-state index is 13.8. The summed E-state index contributed by atoms with van der Waals surface area (Å²) in [5.41, 5.74) is -0.587. The van der Waals surface area contributed by atoms with Gasteiger partial charge in [0.1, 0.15) is 11.5 Å². The summed E-state index contributed by atoms with van der Waals surface area (Å²) in [6.07, 6.45) is -0.472. The summed E-state index contributed by atoms with van der Waals surface area (Å²) in [5, 5.41) is 20.5. The van der Waals surface area contributed by atoms with Crippen LogP contribution in [-0.4, -0.2) is 41.4 Å². The van der Waals surface area contributed by atoms with E-state index in [2.05, 4.69) is 15.9 Å². The zero-order valence-corrected chi connectivity index (χ0v) is 13.3. The summed E-state index contributed by atoms with van der Waals surface area (Å²) in [4.78, 5) is 12.3. The van der Waals surface area contributed by atoms with Crippen molar-refractivity contribution in [3.05, 3.63) is 32.5 Å². The van der Waals surface area contributed by atoms with Crippen LogP contribution in [-0.2, 0) is 4.74 Å². The number of hydrogen-bond donors (Lipinski definition) is 1. The number of halogens is 2. The van der Waals surface area contributed by atoms with Crippen molar-refractivity contribution < 1.29 is 19.2 Å². The van der Waals surface area contributed by atoms with Gasteiger partial charge in [-0.05, 0) is 29.8 Å². The van der Waals surface area contributed by atoms with Crippen molar-refractivity contribution in [2.45, 2.75) is 25.6 Å². The SMILES string of the molecule is CC1(C)CN(c2cc(F)c(Br)cc2[N+](=O)[O-])CC(CO)O1. The van der Waals surface area contributed by atoms with Crippen LogP contribution in [0, 0.1) is 15.9 Å². The lowest BCUT2D eigenvalue weighted by Gasteiger charge is -2.43. The van der Waals surface area contributed by atoms with Crippen molar-refractivity contribution >= 4 is 27.3 Å². The fraction of sp³-hybridized carbons (Fsp3) is 0.538. The first-order chi connectivity index (χ1) is 9.73. The van der Waals surface area contributed by atoms with Gasteiger partial charge in [-0.15, -0.1) is 0 Å². The highest BCUT2D eigenvalue weighted by atomic mass is 79.9. The highest BCUT2D eigenvalue weighted by molar-refractivity contribution is 9.10. The molecule has 6 nitrogen and oxygen atoms in total. The largest absolute Gasteiger partial charge is 0.394 e. The van der Waals surface area contributed by atoms with Crippen LogP contribution in [0.25, 0.3) is 0 Å². The van der Waals surface area contributed by atoms with E-state index in [0.717, 1.165) is 12.1 Å². The van der Waals surface area contributed by atoms with Crippen molar-refractivity contribution in [3.8, 4) is 0 Å². The van der Waals surface area contributed by atoms with E-state index in [4.69, 9.17) is 4.74 Å². The average molecular weight is 363 g/mol. The maximum atomic E-state index is 13.8. The van der Waals surface area contributed by atoms with Crippen molar-refractivity contribution in [2.24, 2.45) is 0 Å². The Morgan fingerprint density at radius 1 is 1.62 bits per heavy atom. The minimum Gasteiger partial charge on any atom is -0.394 e. The lowest BCUT2D eigenvalue weighted by Crippen LogP contribution is -2.54. The second kappa shape index (κ2) is 5.86. The Morgan fingerprint density at radius 2 is 2.29 bits per heavy atom. The quantitative estimate of drug-likeness (QED) is 0.660. The first-order valence-electron chi connectivity index (χ1n) is 6.40. The molecule has 1 unspecified atom stereocenters. The molecule has 0 spiro atoms. The lowest BCUT2D eigenvalue weighted by molar-refractivity contribution is -0.384. The molecule has 1 fully saturated rings. The number of nitrogens with zero attached hydrogens (tertiary/aromatic N) is 2. The van der Waals surface area contributed by atoms with E-state index in [1.807, 2.05) is 13.8 Å². The molecule has 1 aliphatic rings. The van der Waals surface area contributed by atoms with E-state index in [9.17, 15) is 19.6 Å². The number of nitro groups is 1. The van der Waals surface area contributed by atoms with E-state index in [1.165, 1.54) is 0 Å². The Morgan fingerprint density at radius 3 is 2.86 bits per heavy atom. The number of aliphatic hydroxyl groups is 1. The minimum absolute atomic E-state index is 0.0455. The maximum Gasteiger partial charge on any atom is 0.293 e. The van der Waals surface area contributed by atoms with Crippen LogP contribution in [0.1, 0.15) is 13.8 Å². The van der Waals surface area contributed by atoms with Gasteiger partial charge in [-0.3, -0.25) is 10.1 Å². The van der Waals surface area contributed by atoms with Crippen LogP contribution < -0.4 is 4.90 Å². The molecule has 116 valence electrons. The molecule has 1 atom stereocenters. The Kier molecular flexibility index (Phi) is 4.50. The first kappa shape index (κ1) is 16.1. The molecule has 0 amide bonds. The van der Waals surface area contributed by atoms with Crippen molar-refractivity contribution in [3.63, 3.8) is 0 Å².